The van der Waals surface area contributed by atoms with Crippen molar-refractivity contribution in [2.75, 3.05) is 0 Å². The summed E-state index contributed by atoms with van der Waals surface area (Å²) in [6.07, 6.45) is 4.62. The molecule has 4 heteroatoms. The maximum Gasteiger partial charge on any atom is 0.188 e. The Balaban J connectivity index is 2.43. The van der Waals surface area contributed by atoms with Crippen molar-refractivity contribution >= 4 is 15.6 Å². The fourth-order valence-electron chi connectivity index (χ4n) is 2.45. The third-order valence-corrected chi connectivity index (χ3v) is 5.49. The van der Waals surface area contributed by atoms with Gasteiger partial charge in [0.2, 0.25) is 0 Å². The van der Waals surface area contributed by atoms with E-state index in [0.29, 0.717) is 12.8 Å². The van der Waals surface area contributed by atoms with Crippen molar-refractivity contribution < 1.29 is 13.2 Å². The summed E-state index contributed by atoms with van der Waals surface area (Å²) in [6, 6.07) is 8.22. The average Bonchev–Trinajstić information content (AvgIpc) is 2.73. The molecule has 0 aromatic heterocycles. The summed E-state index contributed by atoms with van der Waals surface area (Å²) in [7, 11) is -3.56. The highest BCUT2D eigenvalue weighted by atomic mass is 32.2. The van der Waals surface area contributed by atoms with E-state index in [1.54, 1.807) is 30.3 Å². The van der Waals surface area contributed by atoms with E-state index in [1.807, 2.05) is 19.1 Å². The van der Waals surface area contributed by atoms with E-state index in [4.69, 9.17) is 0 Å². The molecule has 2 rings (SSSR count). The predicted molar refractivity (Wildman–Crippen MR) is 70.0 cm³/mol. The molecule has 1 aromatic carbocycles. The molecule has 1 aromatic rings. The van der Waals surface area contributed by atoms with E-state index < -0.39 is 15.1 Å². The van der Waals surface area contributed by atoms with Crippen molar-refractivity contribution in [3.8, 4) is 0 Å². The second kappa shape index (κ2) is 5.06. The number of sulfone groups is 1. The zero-order chi connectivity index (χ0) is 13.2. The van der Waals surface area contributed by atoms with Gasteiger partial charge in [-0.25, -0.2) is 8.42 Å². The Kier molecular flexibility index (Phi) is 3.66. The van der Waals surface area contributed by atoms with Crippen molar-refractivity contribution in [1.29, 1.82) is 0 Å². The van der Waals surface area contributed by atoms with E-state index >= 15 is 0 Å². The van der Waals surface area contributed by atoms with Crippen molar-refractivity contribution in [3.63, 3.8) is 0 Å². The molecule has 0 N–H and O–H groups in total. The monoisotopic (exact) mass is 264 g/mol. The molecule has 0 radical (unpaired) electrons. The summed E-state index contributed by atoms with van der Waals surface area (Å²) in [5, 5.41) is -0.906. The highest BCUT2D eigenvalue weighted by Gasteiger charge is 2.43. The highest BCUT2D eigenvalue weighted by molar-refractivity contribution is 7.92. The van der Waals surface area contributed by atoms with Gasteiger partial charge < -0.3 is 0 Å². The van der Waals surface area contributed by atoms with E-state index in [9.17, 15) is 13.2 Å². The van der Waals surface area contributed by atoms with Crippen LogP contribution in [0.5, 0.6) is 0 Å². The molecule has 1 saturated carbocycles. The van der Waals surface area contributed by atoms with E-state index in [-0.39, 0.29) is 16.6 Å². The van der Waals surface area contributed by atoms with Crippen LogP contribution < -0.4 is 0 Å². The summed E-state index contributed by atoms with van der Waals surface area (Å²) in [5.74, 6) is -0.352. The number of carbonyl (C=O) groups is 1. The lowest BCUT2D eigenvalue weighted by Gasteiger charge is -2.15. The van der Waals surface area contributed by atoms with Gasteiger partial charge in [0.25, 0.3) is 0 Å². The number of hydrogen-bond donors (Lipinski definition) is 0. The number of carbonyl (C=O) groups excluding carboxylic acids is 1. The van der Waals surface area contributed by atoms with E-state index in [0.717, 1.165) is 0 Å². The van der Waals surface area contributed by atoms with Crippen LogP contribution in [-0.4, -0.2) is 19.5 Å². The van der Waals surface area contributed by atoms with Crippen LogP contribution in [0.15, 0.2) is 47.4 Å². The number of rotatable bonds is 3. The first kappa shape index (κ1) is 13.0. The second-order valence-corrected chi connectivity index (χ2v) is 6.54. The number of hydrogen-bond acceptors (Lipinski definition) is 3. The van der Waals surface area contributed by atoms with Gasteiger partial charge in [-0.3, -0.25) is 4.79 Å². The van der Waals surface area contributed by atoms with Gasteiger partial charge in [-0.15, -0.1) is 0 Å². The quantitative estimate of drug-likeness (QED) is 0.788. The third-order valence-electron chi connectivity index (χ3n) is 3.28. The Morgan fingerprint density at radius 1 is 1.22 bits per heavy atom. The van der Waals surface area contributed by atoms with E-state index in [2.05, 4.69) is 0 Å². The van der Waals surface area contributed by atoms with Crippen LogP contribution in [0.4, 0.5) is 0 Å². The molecule has 1 aliphatic rings. The first-order valence-electron chi connectivity index (χ1n) is 6.02. The minimum atomic E-state index is -3.56. The number of allylic oxidation sites excluding steroid dienone is 2. The largest absolute Gasteiger partial charge is 0.298 e. The first-order chi connectivity index (χ1) is 8.57. The minimum absolute atomic E-state index is 0.165. The van der Waals surface area contributed by atoms with Gasteiger partial charge in [-0.1, -0.05) is 30.4 Å². The van der Waals surface area contributed by atoms with Gasteiger partial charge in [-0.05, 0) is 25.5 Å². The lowest BCUT2D eigenvalue weighted by atomic mass is 10.1. The van der Waals surface area contributed by atoms with Gasteiger partial charge in [0.05, 0.1) is 4.90 Å². The lowest BCUT2D eigenvalue weighted by Crippen LogP contribution is -2.30. The minimum Gasteiger partial charge on any atom is -0.298 e. The topological polar surface area (TPSA) is 51.2 Å². The zero-order valence-corrected chi connectivity index (χ0v) is 11.1. The van der Waals surface area contributed by atoms with Crippen molar-refractivity contribution in [3.05, 3.63) is 42.5 Å². The van der Waals surface area contributed by atoms with Gasteiger partial charge >= 0.3 is 0 Å². The standard InChI is InChI=1S/C14H16O3S/c1-2-6-11-9-10-13(15)14(11)18(16,17)12-7-4-3-5-8-12/h2-8,11,14H,9-10H2,1H3. The van der Waals surface area contributed by atoms with Crippen LogP contribution in [0, 0.1) is 5.92 Å². The summed E-state index contributed by atoms with van der Waals surface area (Å²) in [6.45, 7) is 1.84. The molecule has 0 amide bonds. The Morgan fingerprint density at radius 2 is 1.89 bits per heavy atom. The van der Waals surface area contributed by atoms with Crippen LogP contribution >= 0.6 is 0 Å². The average molecular weight is 264 g/mol. The Labute approximate surface area is 107 Å². The van der Waals surface area contributed by atoms with Crippen LogP contribution in [0.2, 0.25) is 0 Å². The molecule has 0 spiro atoms. The van der Waals surface area contributed by atoms with Crippen molar-refractivity contribution in [2.45, 2.75) is 29.9 Å². The Morgan fingerprint density at radius 3 is 2.50 bits per heavy atom. The third kappa shape index (κ3) is 2.25. The zero-order valence-electron chi connectivity index (χ0n) is 10.2. The van der Waals surface area contributed by atoms with Gasteiger partial charge in [0, 0.05) is 12.3 Å². The molecular formula is C14H16O3S. The van der Waals surface area contributed by atoms with Crippen molar-refractivity contribution in [2.24, 2.45) is 5.92 Å². The van der Waals surface area contributed by atoms with Gasteiger partial charge in [0.15, 0.2) is 15.6 Å². The van der Waals surface area contributed by atoms with Crippen LogP contribution in [-0.2, 0) is 14.6 Å². The number of Topliss-reactive ketones (excluding diaryl/α,β-unsaturated/α-hetero) is 1. The highest BCUT2D eigenvalue weighted by Crippen LogP contribution is 2.33. The second-order valence-electron chi connectivity index (χ2n) is 4.47. The first-order valence-corrected chi connectivity index (χ1v) is 7.56. The molecule has 0 bridgehead atoms. The van der Waals surface area contributed by atoms with E-state index in [1.165, 1.54) is 0 Å². The normalized spacial score (nSPS) is 24.8. The number of benzene rings is 1. The fraction of sp³-hybridized carbons (Fsp3) is 0.357. The Bertz CT molecular complexity index is 558. The van der Waals surface area contributed by atoms with Gasteiger partial charge in [-0.2, -0.15) is 0 Å². The fourth-order valence-corrected chi connectivity index (χ4v) is 4.43. The predicted octanol–water partition coefficient (Wildman–Crippen LogP) is 2.38. The molecule has 1 fully saturated rings. The maximum absolute atomic E-state index is 12.5. The molecule has 0 saturated heterocycles. The molecule has 1 aliphatic carbocycles. The van der Waals surface area contributed by atoms with Crippen molar-refractivity contribution in [1.82, 2.24) is 0 Å². The molecule has 18 heavy (non-hydrogen) atoms. The molecule has 2 unspecified atom stereocenters. The summed E-state index contributed by atoms with van der Waals surface area (Å²) in [4.78, 5) is 12.1. The van der Waals surface area contributed by atoms with Crippen LogP contribution in [0.3, 0.4) is 0 Å². The molecular weight excluding hydrogens is 248 g/mol. The van der Waals surface area contributed by atoms with Gasteiger partial charge in [0.1, 0.15) is 5.25 Å². The molecule has 3 nitrogen and oxygen atoms in total. The van der Waals surface area contributed by atoms with Crippen LogP contribution in [0.25, 0.3) is 0 Å². The lowest BCUT2D eigenvalue weighted by molar-refractivity contribution is -0.117. The number of ketones is 1. The smallest absolute Gasteiger partial charge is 0.188 e. The summed E-state index contributed by atoms with van der Waals surface area (Å²) < 4.78 is 25.0. The molecule has 0 heterocycles. The summed E-state index contributed by atoms with van der Waals surface area (Å²) in [5.41, 5.74) is 0. The summed E-state index contributed by atoms with van der Waals surface area (Å²) >= 11 is 0. The molecule has 0 aliphatic heterocycles. The molecule has 96 valence electrons. The maximum atomic E-state index is 12.5. The van der Waals surface area contributed by atoms with Crippen LogP contribution in [0.1, 0.15) is 19.8 Å². The SMILES string of the molecule is CC=CC1CCC(=O)C1S(=O)(=O)c1ccccc1. The Hall–Kier alpha value is -1.42. The molecule has 2 atom stereocenters.